The van der Waals surface area contributed by atoms with E-state index in [4.69, 9.17) is 0 Å². The van der Waals surface area contributed by atoms with Gasteiger partial charge in [-0.2, -0.15) is 0 Å². The molecule has 6 nitrogen and oxygen atoms in total. The van der Waals surface area contributed by atoms with Crippen molar-refractivity contribution in [1.29, 1.82) is 0 Å². The standard InChI is InChI=1S/2C12H12O3S.Ca/c2*1-2-9-3-4-11-8-12(16(13,14)15)6-5-10(11)7-9;/h2*3-8H,2H2,1H3,(H,13,14,15);/q;;+2/p-2. The molecule has 0 N–H and O–H groups in total. The second-order valence-corrected chi connectivity index (χ2v) is 10.1. The molecule has 0 unspecified atom stereocenters. The van der Waals surface area contributed by atoms with Crippen molar-refractivity contribution in [3.05, 3.63) is 83.9 Å². The summed E-state index contributed by atoms with van der Waals surface area (Å²) in [4.78, 5) is -0.353. The maximum Gasteiger partial charge on any atom is 2.00 e. The Morgan fingerprint density at radius 2 is 0.848 bits per heavy atom. The second-order valence-electron chi connectivity index (χ2n) is 7.30. The molecule has 0 aliphatic rings. The van der Waals surface area contributed by atoms with Gasteiger partial charge in [0.25, 0.3) is 0 Å². The van der Waals surface area contributed by atoms with Crippen LogP contribution in [-0.4, -0.2) is 63.7 Å². The molecule has 4 aromatic carbocycles. The van der Waals surface area contributed by atoms with Crippen LogP contribution in [0.15, 0.2) is 82.6 Å². The van der Waals surface area contributed by atoms with Crippen molar-refractivity contribution in [2.24, 2.45) is 0 Å². The fraction of sp³-hybridized carbons (Fsp3) is 0.167. The third kappa shape index (κ3) is 7.23. The predicted octanol–water partition coefficient (Wildman–Crippen LogP) is 4.23. The minimum absolute atomic E-state index is 0. The van der Waals surface area contributed by atoms with Crippen molar-refractivity contribution in [2.45, 2.75) is 36.5 Å². The zero-order chi connectivity index (χ0) is 23.5. The molecule has 0 aromatic heterocycles. The van der Waals surface area contributed by atoms with Crippen molar-refractivity contribution >= 4 is 79.5 Å². The molecule has 0 radical (unpaired) electrons. The molecule has 0 saturated heterocycles. The average Bonchev–Trinajstić information content (AvgIpc) is 2.76. The topological polar surface area (TPSA) is 114 Å². The third-order valence-corrected chi connectivity index (χ3v) is 6.81. The van der Waals surface area contributed by atoms with E-state index >= 15 is 0 Å². The Kier molecular flexibility index (Phi) is 9.47. The van der Waals surface area contributed by atoms with Crippen molar-refractivity contribution in [3.63, 3.8) is 0 Å². The Morgan fingerprint density at radius 3 is 1.15 bits per heavy atom. The first-order valence-corrected chi connectivity index (χ1v) is 12.8. The Morgan fingerprint density at radius 1 is 0.545 bits per heavy atom. The van der Waals surface area contributed by atoms with Crippen molar-refractivity contribution in [1.82, 2.24) is 0 Å². The summed E-state index contributed by atoms with van der Waals surface area (Å²) in [6, 6.07) is 20.4. The minimum atomic E-state index is -4.36. The van der Waals surface area contributed by atoms with Gasteiger partial charge in [0.15, 0.2) is 0 Å². The Balaban J connectivity index is 0.000000227. The predicted molar refractivity (Wildman–Crippen MR) is 128 cm³/mol. The van der Waals surface area contributed by atoms with Gasteiger partial charge in [0.1, 0.15) is 20.2 Å². The van der Waals surface area contributed by atoms with E-state index in [9.17, 15) is 25.9 Å². The van der Waals surface area contributed by atoms with E-state index in [1.807, 2.05) is 36.4 Å². The first-order valence-electron chi connectivity index (χ1n) is 9.98. The molecule has 0 aliphatic carbocycles. The SMILES string of the molecule is CCc1ccc2cc(S(=O)(=O)[O-])ccc2c1.CCc1ccc2cc(S(=O)(=O)[O-])ccc2c1.[Ca+2]. The van der Waals surface area contributed by atoms with E-state index in [1.165, 1.54) is 35.4 Å². The van der Waals surface area contributed by atoms with E-state index in [-0.39, 0.29) is 47.5 Å². The molecular formula is C24H22CaO6S2. The van der Waals surface area contributed by atoms with Crippen LogP contribution in [0.5, 0.6) is 0 Å². The summed E-state index contributed by atoms with van der Waals surface area (Å²) in [7, 11) is -8.72. The molecule has 0 heterocycles. The Bertz CT molecular complexity index is 1380. The normalized spacial score (nSPS) is 11.5. The Labute approximate surface area is 224 Å². The van der Waals surface area contributed by atoms with Gasteiger partial charge in [0.05, 0.1) is 9.79 Å². The van der Waals surface area contributed by atoms with Gasteiger partial charge in [-0.05, 0) is 69.8 Å². The summed E-state index contributed by atoms with van der Waals surface area (Å²) in [5.74, 6) is 0. The number of hydrogen-bond donors (Lipinski definition) is 0. The van der Waals surface area contributed by atoms with Gasteiger partial charge in [0.2, 0.25) is 0 Å². The molecule has 0 spiro atoms. The Hall–Kier alpha value is -1.52. The van der Waals surface area contributed by atoms with Crippen LogP contribution < -0.4 is 0 Å². The van der Waals surface area contributed by atoms with Crippen LogP contribution in [0, 0.1) is 0 Å². The van der Waals surface area contributed by atoms with E-state index in [1.54, 1.807) is 12.1 Å². The van der Waals surface area contributed by atoms with Crippen molar-refractivity contribution in [3.8, 4) is 0 Å². The summed E-state index contributed by atoms with van der Waals surface area (Å²) in [5.41, 5.74) is 2.37. The van der Waals surface area contributed by atoms with Gasteiger partial charge in [-0.1, -0.05) is 62.4 Å². The van der Waals surface area contributed by atoms with E-state index in [2.05, 4.69) is 13.8 Å². The van der Waals surface area contributed by atoms with Crippen LogP contribution in [0.4, 0.5) is 0 Å². The molecule has 0 amide bonds. The molecule has 168 valence electrons. The molecule has 4 aromatic rings. The van der Waals surface area contributed by atoms with Crippen LogP contribution in [0.3, 0.4) is 0 Å². The van der Waals surface area contributed by atoms with Gasteiger partial charge in [-0.15, -0.1) is 0 Å². The summed E-state index contributed by atoms with van der Waals surface area (Å²) in [6.45, 7) is 4.11. The van der Waals surface area contributed by atoms with Crippen LogP contribution in [0.25, 0.3) is 21.5 Å². The van der Waals surface area contributed by atoms with Crippen molar-refractivity contribution in [2.75, 3.05) is 0 Å². The quantitative estimate of drug-likeness (QED) is 0.300. The summed E-state index contributed by atoms with van der Waals surface area (Å²) >= 11 is 0. The molecule has 0 fully saturated rings. The van der Waals surface area contributed by atoms with Crippen LogP contribution >= 0.6 is 0 Å². The average molecular weight is 511 g/mol. The largest absolute Gasteiger partial charge is 2.00 e. The molecule has 0 saturated carbocycles. The molecule has 0 bridgehead atoms. The van der Waals surface area contributed by atoms with E-state index in [0.717, 1.165) is 34.4 Å². The monoisotopic (exact) mass is 510 g/mol. The molecule has 9 heteroatoms. The molecule has 4 rings (SSSR count). The van der Waals surface area contributed by atoms with E-state index in [0.29, 0.717) is 0 Å². The zero-order valence-electron chi connectivity index (χ0n) is 18.3. The maximum atomic E-state index is 10.8. The smallest absolute Gasteiger partial charge is 0.744 e. The maximum absolute atomic E-state index is 10.8. The van der Waals surface area contributed by atoms with E-state index < -0.39 is 20.2 Å². The molecular weight excluding hydrogens is 488 g/mol. The van der Waals surface area contributed by atoms with Gasteiger partial charge in [-0.3, -0.25) is 0 Å². The van der Waals surface area contributed by atoms with Gasteiger partial charge < -0.3 is 9.11 Å². The number of fused-ring (bicyclic) bond motifs is 2. The number of rotatable bonds is 4. The van der Waals surface area contributed by atoms with Gasteiger partial charge in [0, 0.05) is 0 Å². The zero-order valence-corrected chi connectivity index (χ0v) is 22.2. The van der Waals surface area contributed by atoms with Crippen LogP contribution in [-0.2, 0) is 33.1 Å². The second kappa shape index (κ2) is 11.3. The fourth-order valence-corrected chi connectivity index (χ4v) is 4.31. The number of benzene rings is 4. The fourth-order valence-electron chi connectivity index (χ4n) is 3.30. The molecule has 0 atom stereocenters. The summed E-state index contributed by atoms with van der Waals surface area (Å²) in [5, 5.41) is 3.45. The van der Waals surface area contributed by atoms with Gasteiger partial charge in [-0.25, -0.2) is 16.8 Å². The third-order valence-electron chi connectivity index (χ3n) is 5.15. The summed E-state index contributed by atoms with van der Waals surface area (Å²) in [6.07, 6.45) is 1.86. The summed E-state index contributed by atoms with van der Waals surface area (Å²) < 4.78 is 65.1. The van der Waals surface area contributed by atoms with Crippen LogP contribution in [0.1, 0.15) is 25.0 Å². The molecule has 0 aliphatic heterocycles. The van der Waals surface area contributed by atoms with Crippen LogP contribution in [0.2, 0.25) is 0 Å². The number of hydrogen-bond acceptors (Lipinski definition) is 6. The molecule has 33 heavy (non-hydrogen) atoms. The first-order chi connectivity index (χ1) is 15.0. The minimum Gasteiger partial charge on any atom is -0.744 e. The van der Waals surface area contributed by atoms with Gasteiger partial charge >= 0.3 is 37.7 Å². The first kappa shape index (κ1) is 27.7. The number of aryl methyl sites for hydroxylation is 2. The van der Waals surface area contributed by atoms with Crippen molar-refractivity contribution < 1.29 is 25.9 Å².